The number of nitrogens with two attached hydrogens (primary N) is 2. The van der Waals surface area contributed by atoms with Crippen molar-refractivity contribution in [1.29, 1.82) is 0 Å². The molecule has 14 heteroatoms. The molecular formula is C16H29N5O6S3. The van der Waals surface area contributed by atoms with Crippen molar-refractivity contribution >= 4 is 66.6 Å². The van der Waals surface area contributed by atoms with Gasteiger partial charge in [0.15, 0.2) is 0 Å². The SMILES string of the molecule is CSCCC(NC(=O)C(N)CCC(N)=O)C(=O)NC(CS)C(=O)NC(CS)C(=O)O. The maximum Gasteiger partial charge on any atom is 0.327 e. The minimum atomic E-state index is -1.27. The summed E-state index contributed by atoms with van der Waals surface area (Å²) in [4.78, 5) is 59.0. The van der Waals surface area contributed by atoms with E-state index in [9.17, 15) is 24.0 Å². The largest absolute Gasteiger partial charge is 0.480 e. The van der Waals surface area contributed by atoms with Gasteiger partial charge in [-0.3, -0.25) is 19.2 Å². The Kier molecular flexibility index (Phi) is 14.4. The molecule has 0 aromatic heterocycles. The zero-order chi connectivity index (χ0) is 23.3. The van der Waals surface area contributed by atoms with Gasteiger partial charge in [-0.2, -0.15) is 37.0 Å². The third kappa shape index (κ3) is 10.9. The lowest BCUT2D eigenvalue weighted by molar-refractivity contribution is -0.141. The van der Waals surface area contributed by atoms with E-state index < -0.39 is 53.8 Å². The molecule has 0 fully saturated rings. The summed E-state index contributed by atoms with van der Waals surface area (Å²) in [6.07, 6.45) is 2.04. The van der Waals surface area contributed by atoms with Gasteiger partial charge in [-0.1, -0.05) is 0 Å². The summed E-state index contributed by atoms with van der Waals surface area (Å²) >= 11 is 9.34. The Morgan fingerprint density at radius 2 is 1.40 bits per heavy atom. The predicted octanol–water partition coefficient (Wildman–Crippen LogP) is -2.27. The molecular weight excluding hydrogens is 454 g/mol. The Hall–Kier alpha value is -1.64. The second-order valence-electron chi connectivity index (χ2n) is 6.28. The molecule has 30 heavy (non-hydrogen) atoms. The molecule has 0 aliphatic heterocycles. The molecule has 4 atom stereocenters. The van der Waals surface area contributed by atoms with Crippen molar-refractivity contribution in [2.45, 2.75) is 43.4 Å². The van der Waals surface area contributed by atoms with E-state index in [1.807, 2.05) is 6.26 Å². The molecule has 0 aromatic carbocycles. The molecule has 0 bridgehead atoms. The number of thioether (sulfide) groups is 1. The number of aliphatic carboxylic acids is 1. The van der Waals surface area contributed by atoms with Crippen LogP contribution >= 0.6 is 37.0 Å². The number of carbonyl (C=O) groups is 5. The van der Waals surface area contributed by atoms with Crippen LogP contribution in [0.5, 0.6) is 0 Å². The Morgan fingerprint density at radius 3 is 1.87 bits per heavy atom. The van der Waals surface area contributed by atoms with Crippen LogP contribution in [0.4, 0.5) is 0 Å². The van der Waals surface area contributed by atoms with Gasteiger partial charge in [0.05, 0.1) is 6.04 Å². The van der Waals surface area contributed by atoms with Crippen LogP contribution in [0.3, 0.4) is 0 Å². The van der Waals surface area contributed by atoms with E-state index >= 15 is 0 Å². The molecule has 172 valence electrons. The highest BCUT2D eigenvalue weighted by molar-refractivity contribution is 7.98. The highest BCUT2D eigenvalue weighted by Gasteiger charge is 2.29. The number of nitrogens with one attached hydrogen (secondary N) is 3. The van der Waals surface area contributed by atoms with E-state index in [4.69, 9.17) is 16.6 Å². The van der Waals surface area contributed by atoms with Gasteiger partial charge in [-0.25, -0.2) is 4.79 Å². The van der Waals surface area contributed by atoms with Crippen molar-refractivity contribution in [1.82, 2.24) is 16.0 Å². The van der Waals surface area contributed by atoms with Crippen LogP contribution in [-0.4, -0.2) is 82.4 Å². The minimum absolute atomic E-state index is 0.0278. The fraction of sp³-hybridized carbons (Fsp3) is 0.688. The van der Waals surface area contributed by atoms with Crippen molar-refractivity contribution < 1.29 is 29.1 Å². The molecule has 4 amide bonds. The van der Waals surface area contributed by atoms with Crippen LogP contribution in [0.1, 0.15) is 19.3 Å². The summed E-state index contributed by atoms with van der Waals surface area (Å²) in [6, 6.07) is -4.37. The van der Waals surface area contributed by atoms with Gasteiger partial charge >= 0.3 is 5.97 Å². The molecule has 0 aliphatic rings. The second kappa shape index (κ2) is 15.2. The third-order valence-corrected chi connectivity index (χ3v) is 5.27. The lowest BCUT2D eigenvalue weighted by atomic mass is 10.1. The topological polar surface area (TPSA) is 194 Å². The lowest BCUT2D eigenvalue weighted by Crippen LogP contribution is -2.58. The summed E-state index contributed by atoms with van der Waals surface area (Å²) in [7, 11) is 0. The first-order chi connectivity index (χ1) is 14.1. The van der Waals surface area contributed by atoms with E-state index in [1.165, 1.54) is 11.8 Å². The number of rotatable bonds is 15. The number of hydrogen-bond acceptors (Lipinski definition) is 9. The van der Waals surface area contributed by atoms with Crippen molar-refractivity contribution in [2.75, 3.05) is 23.5 Å². The molecule has 0 aliphatic carbocycles. The van der Waals surface area contributed by atoms with Crippen LogP contribution < -0.4 is 27.4 Å². The van der Waals surface area contributed by atoms with E-state index in [1.54, 1.807) is 0 Å². The van der Waals surface area contributed by atoms with Gasteiger partial charge in [-0.05, 0) is 24.9 Å². The Labute approximate surface area is 190 Å². The molecule has 0 heterocycles. The molecule has 0 saturated heterocycles. The molecule has 0 radical (unpaired) electrons. The average Bonchev–Trinajstić information content (AvgIpc) is 2.70. The monoisotopic (exact) mass is 483 g/mol. The summed E-state index contributed by atoms with van der Waals surface area (Å²) in [5, 5.41) is 16.2. The Morgan fingerprint density at radius 1 is 0.900 bits per heavy atom. The van der Waals surface area contributed by atoms with Gasteiger partial charge < -0.3 is 32.5 Å². The molecule has 0 aromatic rings. The Balaban J connectivity index is 5.09. The molecule has 0 saturated carbocycles. The predicted molar refractivity (Wildman–Crippen MR) is 121 cm³/mol. The number of carboxylic acid groups (broad SMARTS) is 1. The maximum absolute atomic E-state index is 12.6. The van der Waals surface area contributed by atoms with Gasteiger partial charge in [0.25, 0.3) is 0 Å². The molecule has 0 spiro atoms. The Bertz CT molecular complexity index is 624. The maximum atomic E-state index is 12.6. The highest BCUT2D eigenvalue weighted by atomic mass is 32.2. The van der Waals surface area contributed by atoms with Gasteiger partial charge in [0.2, 0.25) is 23.6 Å². The van der Waals surface area contributed by atoms with Crippen molar-refractivity contribution in [3.8, 4) is 0 Å². The third-order valence-electron chi connectivity index (χ3n) is 3.89. The van der Waals surface area contributed by atoms with Crippen molar-refractivity contribution in [2.24, 2.45) is 11.5 Å². The van der Waals surface area contributed by atoms with E-state index in [2.05, 4.69) is 41.2 Å². The fourth-order valence-electron chi connectivity index (χ4n) is 2.14. The van der Waals surface area contributed by atoms with E-state index in [0.29, 0.717) is 5.75 Å². The van der Waals surface area contributed by atoms with Crippen LogP contribution in [-0.2, 0) is 24.0 Å². The zero-order valence-electron chi connectivity index (χ0n) is 16.5. The first-order valence-corrected chi connectivity index (χ1v) is 11.6. The standard InChI is InChI=1S/C16H29N5O6S3/c1-30-5-4-9(19-13(23)8(17)2-3-12(18)22)14(24)20-10(6-28)15(25)21-11(7-29)16(26)27/h8-11,28-29H,2-7,17H2,1H3,(H2,18,22)(H,19,23)(H,20,24)(H,21,25)(H,26,27). The number of thiol groups is 2. The number of amides is 4. The lowest BCUT2D eigenvalue weighted by Gasteiger charge is -2.24. The smallest absolute Gasteiger partial charge is 0.327 e. The van der Waals surface area contributed by atoms with Crippen molar-refractivity contribution in [3.05, 3.63) is 0 Å². The van der Waals surface area contributed by atoms with Crippen LogP contribution in [0, 0.1) is 0 Å². The van der Waals surface area contributed by atoms with Gasteiger partial charge in [0.1, 0.15) is 18.1 Å². The normalized spacial score (nSPS) is 14.7. The number of carbonyl (C=O) groups excluding carboxylic acids is 4. The van der Waals surface area contributed by atoms with E-state index in [-0.39, 0.29) is 30.8 Å². The molecule has 8 N–H and O–H groups in total. The second-order valence-corrected chi connectivity index (χ2v) is 8.00. The molecule has 11 nitrogen and oxygen atoms in total. The quantitative estimate of drug-likeness (QED) is 0.119. The molecule has 4 unspecified atom stereocenters. The van der Waals surface area contributed by atoms with Crippen LogP contribution in [0.25, 0.3) is 0 Å². The number of primary amides is 1. The minimum Gasteiger partial charge on any atom is -0.480 e. The first kappa shape index (κ1) is 28.4. The summed E-state index contributed by atoms with van der Waals surface area (Å²) in [5.74, 6) is -3.59. The van der Waals surface area contributed by atoms with Gasteiger partial charge in [0, 0.05) is 17.9 Å². The molecule has 0 rings (SSSR count). The van der Waals surface area contributed by atoms with E-state index in [0.717, 1.165) is 0 Å². The average molecular weight is 484 g/mol. The van der Waals surface area contributed by atoms with Crippen LogP contribution in [0.2, 0.25) is 0 Å². The summed E-state index contributed by atoms with van der Waals surface area (Å²) in [6.45, 7) is 0. The summed E-state index contributed by atoms with van der Waals surface area (Å²) < 4.78 is 0. The zero-order valence-corrected chi connectivity index (χ0v) is 19.1. The number of carboxylic acids is 1. The fourth-order valence-corrected chi connectivity index (χ4v) is 3.11. The number of hydrogen-bond donors (Lipinski definition) is 8. The van der Waals surface area contributed by atoms with Crippen molar-refractivity contribution in [3.63, 3.8) is 0 Å². The first-order valence-electron chi connectivity index (χ1n) is 8.95. The highest BCUT2D eigenvalue weighted by Crippen LogP contribution is 2.04. The summed E-state index contributed by atoms with van der Waals surface area (Å²) in [5.41, 5.74) is 10.8. The van der Waals surface area contributed by atoms with Crippen LogP contribution in [0.15, 0.2) is 0 Å². The van der Waals surface area contributed by atoms with Gasteiger partial charge in [-0.15, -0.1) is 0 Å².